The van der Waals surface area contributed by atoms with Gasteiger partial charge in [0.1, 0.15) is 5.82 Å². The summed E-state index contributed by atoms with van der Waals surface area (Å²) < 4.78 is 19.0. The zero-order valence-electron chi connectivity index (χ0n) is 16.5. The second kappa shape index (κ2) is 9.07. The van der Waals surface area contributed by atoms with Gasteiger partial charge >= 0.3 is 0 Å². The first-order chi connectivity index (χ1) is 14.2. The Kier molecular flexibility index (Phi) is 6.07. The van der Waals surface area contributed by atoms with Crippen molar-refractivity contribution in [3.05, 3.63) is 42.3 Å². The predicted octanol–water partition coefficient (Wildman–Crippen LogP) is 2.33. The van der Waals surface area contributed by atoms with Crippen molar-refractivity contribution in [2.24, 2.45) is 0 Å². The smallest absolute Gasteiger partial charge is 0.260 e. The van der Waals surface area contributed by atoms with Crippen molar-refractivity contribution in [3.63, 3.8) is 0 Å². The van der Waals surface area contributed by atoms with Crippen LogP contribution in [0.25, 0.3) is 0 Å². The van der Waals surface area contributed by atoms with E-state index in [1.54, 1.807) is 17.0 Å². The molecule has 2 saturated heterocycles. The van der Waals surface area contributed by atoms with Gasteiger partial charge in [0.2, 0.25) is 5.95 Å². The summed E-state index contributed by atoms with van der Waals surface area (Å²) in [7, 11) is 0. The van der Waals surface area contributed by atoms with Crippen molar-refractivity contribution < 1.29 is 13.9 Å². The molecule has 4 rings (SSSR count). The minimum atomic E-state index is -0.460. The number of para-hydroxylation sites is 1. The van der Waals surface area contributed by atoms with Gasteiger partial charge < -0.3 is 19.4 Å². The van der Waals surface area contributed by atoms with E-state index in [0.29, 0.717) is 26.2 Å². The molecule has 0 spiro atoms. The normalized spacial score (nSPS) is 17.3. The summed E-state index contributed by atoms with van der Waals surface area (Å²) >= 11 is 0. The number of rotatable bonds is 5. The fourth-order valence-electron chi connectivity index (χ4n) is 3.74. The molecule has 0 aliphatic carbocycles. The second-order valence-electron chi connectivity index (χ2n) is 7.35. The number of benzene rings is 1. The summed E-state index contributed by atoms with van der Waals surface area (Å²) in [6.07, 6.45) is 5.45. The van der Waals surface area contributed by atoms with Gasteiger partial charge in [-0.1, -0.05) is 12.1 Å². The average Bonchev–Trinajstić information content (AvgIpc) is 2.79. The van der Waals surface area contributed by atoms with Crippen LogP contribution < -0.4 is 14.5 Å². The molecule has 0 radical (unpaired) electrons. The van der Waals surface area contributed by atoms with Gasteiger partial charge in [0, 0.05) is 45.5 Å². The summed E-state index contributed by atoms with van der Waals surface area (Å²) in [5, 5.41) is 0. The third-order valence-corrected chi connectivity index (χ3v) is 5.41. The quantitative estimate of drug-likeness (QED) is 0.769. The topological polar surface area (TPSA) is 61.8 Å². The number of piperidine rings is 1. The molecule has 2 aromatic rings. The highest BCUT2D eigenvalue weighted by atomic mass is 19.1. The minimum absolute atomic E-state index is 0.103. The number of ether oxygens (including phenoxy) is 1. The first-order valence-corrected chi connectivity index (χ1v) is 10.2. The van der Waals surface area contributed by atoms with Crippen LogP contribution in [0.3, 0.4) is 0 Å². The molecular weight excluding hydrogens is 373 g/mol. The van der Waals surface area contributed by atoms with Crippen molar-refractivity contribution in [1.29, 1.82) is 0 Å². The highest BCUT2D eigenvalue weighted by Gasteiger charge is 2.23. The summed E-state index contributed by atoms with van der Waals surface area (Å²) in [5.74, 6) is 1.20. The lowest BCUT2D eigenvalue weighted by Gasteiger charge is -2.35. The summed E-state index contributed by atoms with van der Waals surface area (Å²) in [5.41, 5.74) is 0. The molecule has 0 saturated carbocycles. The molecule has 0 atom stereocenters. The molecule has 154 valence electrons. The maximum atomic E-state index is 13.6. The highest BCUT2D eigenvalue weighted by Crippen LogP contribution is 2.20. The van der Waals surface area contributed by atoms with Gasteiger partial charge in [0.25, 0.3) is 5.91 Å². The highest BCUT2D eigenvalue weighted by molar-refractivity contribution is 5.78. The van der Waals surface area contributed by atoms with Gasteiger partial charge in [-0.05, 0) is 37.5 Å². The van der Waals surface area contributed by atoms with Crippen molar-refractivity contribution in [1.82, 2.24) is 14.9 Å². The number of amides is 1. The van der Waals surface area contributed by atoms with E-state index in [1.807, 2.05) is 12.3 Å². The first kappa shape index (κ1) is 19.4. The van der Waals surface area contributed by atoms with E-state index in [0.717, 1.165) is 24.9 Å². The Bertz CT molecular complexity index is 835. The van der Waals surface area contributed by atoms with E-state index in [4.69, 9.17) is 9.72 Å². The summed E-state index contributed by atoms with van der Waals surface area (Å²) in [6.45, 7) is 4.42. The summed E-state index contributed by atoms with van der Waals surface area (Å²) in [6, 6.07) is 8.04. The SMILES string of the molecule is O=C(COc1ccccc1F)N1CCN(c2ccnc(N3CCCCC3)n2)CC1. The monoisotopic (exact) mass is 399 g/mol. The van der Waals surface area contributed by atoms with Gasteiger partial charge in [0.05, 0.1) is 0 Å². The maximum absolute atomic E-state index is 13.6. The van der Waals surface area contributed by atoms with Crippen LogP contribution in [0, 0.1) is 5.82 Å². The van der Waals surface area contributed by atoms with Gasteiger partial charge in [-0.15, -0.1) is 0 Å². The minimum Gasteiger partial charge on any atom is -0.481 e. The zero-order chi connectivity index (χ0) is 20.1. The molecule has 1 aromatic heterocycles. The number of aromatic nitrogens is 2. The molecule has 1 aromatic carbocycles. The van der Waals surface area contributed by atoms with Gasteiger partial charge in [-0.2, -0.15) is 4.98 Å². The van der Waals surface area contributed by atoms with E-state index in [2.05, 4.69) is 14.8 Å². The molecule has 0 N–H and O–H groups in total. The molecule has 8 heteroatoms. The number of nitrogens with zero attached hydrogens (tertiary/aromatic N) is 5. The van der Waals surface area contributed by atoms with Crippen molar-refractivity contribution in [2.75, 3.05) is 55.7 Å². The fraction of sp³-hybridized carbons (Fsp3) is 0.476. The maximum Gasteiger partial charge on any atom is 0.260 e. The fourth-order valence-corrected chi connectivity index (χ4v) is 3.74. The molecule has 2 aliphatic heterocycles. The van der Waals surface area contributed by atoms with Crippen molar-refractivity contribution in [3.8, 4) is 5.75 Å². The lowest BCUT2D eigenvalue weighted by molar-refractivity contribution is -0.133. The number of hydrogen-bond donors (Lipinski definition) is 0. The van der Waals surface area contributed by atoms with Crippen LogP contribution >= 0.6 is 0 Å². The molecule has 7 nitrogen and oxygen atoms in total. The van der Waals surface area contributed by atoms with Crippen LogP contribution in [0.2, 0.25) is 0 Å². The Morgan fingerprint density at radius 2 is 1.72 bits per heavy atom. The average molecular weight is 399 g/mol. The number of carbonyl (C=O) groups is 1. The Morgan fingerprint density at radius 1 is 0.966 bits per heavy atom. The van der Waals surface area contributed by atoms with Crippen LogP contribution in [0.4, 0.5) is 16.2 Å². The molecule has 1 amide bonds. The molecule has 29 heavy (non-hydrogen) atoms. The van der Waals surface area contributed by atoms with Crippen LogP contribution in [0.5, 0.6) is 5.75 Å². The van der Waals surface area contributed by atoms with E-state index in [1.165, 1.54) is 31.4 Å². The van der Waals surface area contributed by atoms with Crippen LogP contribution in [0.15, 0.2) is 36.5 Å². The standard InChI is InChI=1S/C21H26FN5O2/c22-17-6-2-3-7-18(17)29-16-20(28)26-14-12-25(13-15-26)19-8-9-23-21(24-19)27-10-4-1-5-11-27/h2-3,6-9H,1,4-5,10-16H2. The van der Waals surface area contributed by atoms with Crippen molar-refractivity contribution >= 4 is 17.7 Å². The molecular formula is C21H26FN5O2. The van der Waals surface area contributed by atoms with E-state index >= 15 is 0 Å². The van der Waals surface area contributed by atoms with Crippen LogP contribution in [0.1, 0.15) is 19.3 Å². The van der Waals surface area contributed by atoms with Gasteiger partial charge in [0.15, 0.2) is 18.2 Å². The molecule has 0 unspecified atom stereocenters. The largest absolute Gasteiger partial charge is 0.481 e. The third kappa shape index (κ3) is 4.75. The van der Waals surface area contributed by atoms with E-state index < -0.39 is 5.82 Å². The number of hydrogen-bond acceptors (Lipinski definition) is 6. The summed E-state index contributed by atoms with van der Waals surface area (Å²) in [4.78, 5) is 27.8. The Labute approximate surface area is 170 Å². The van der Waals surface area contributed by atoms with E-state index in [-0.39, 0.29) is 18.3 Å². The lowest BCUT2D eigenvalue weighted by atomic mass is 10.1. The van der Waals surface area contributed by atoms with Crippen LogP contribution in [-0.2, 0) is 4.79 Å². The lowest BCUT2D eigenvalue weighted by Crippen LogP contribution is -2.50. The molecule has 2 fully saturated rings. The third-order valence-electron chi connectivity index (χ3n) is 5.41. The van der Waals surface area contributed by atoms with Crippen LogP contribution in [-0.4, -0.2) is 66.7 Å². The molecule has 2 aliphatic rings. The molecule has 3 heterocycles. The zero-order valence-corrected chi connectivity index (χ0v) is 16.5. The second-order valence-corrected chi connectivity index (χ2v) is 7.35. The first-order valence-electron chi connectivity index (χ1n) is 10.2. The Hall–Kier alpha value is -2.90. The van der Waals surface area contributed by atoms with Gasteiger partial charge in [-0.3, -0.25) is 4.79 Å². The Morgan fingerprint density at radius 3 is 2.48 bits per heavy atom. The number of piperazine rings is 1. The number of halogens is 1. The van der Waals surface area contributed by atoms with Gasteiger partial charge in [-0.25, -0.2) is 9.37 Å². The molecule has 0 bridgehead atoms. The Balaban J connectivity index is 1.30. The number of anilines is 2. The number of carbonyl (C=O) groups excluding carboxylic acids is 1. The van der Waals surface area contributed by atoms with Crippen molar-refractivity contribution in [2.45, 2.75) is 19.3 Å². The predicted molar refractivity (Wildman–Crippen MR) is 109 cm³/mol. The van der Waals surface area contributed by atoms with E-state index in [9.17, 15) is 9.18 Å².